The Bertz CT molecular complexity index is 591. The van der Waals surface area contributed by atoms with Crippen molar-refractivity contribution < 1.29 is 19.5 Å². The lowest BCUT2D eigenvalue weighted by Gasteiger charge is -2.26. The van der Waals surface area contributed by atoms with Crippen molar-refractivity contribution in [1.29, 1.82) is 0 Å². The third kappa shape index (κ3) is 20.3. The molecule has 0 aromatic rings. The van der Waals surface area contributed by atoms with E-state index in [1.165, 1.54) is 116 Å². The Morgan fingerprint density at radius 1 is 0.463 bits per heavy atom. The Morgan fingerprint density at radius 3 is 0.927 bits per heavy atom. The lowest BCUT2D eigenvalue weighted by molar-refractivity contribution is -0.160. The van der Waals surface area contributed by atoms with Gasteiger partial charge in [0.05, 0.1) is 0 Å². The first kappa shape index (κ1) is 39.8. The van der Waals surface area contributed by atoms with Crippen LogP contribution in [0.2, 0.25) is 0 Å². The molecule has 0 aromatic carbocycles. The fraction of sp³-hybridized carbons (Fsp3) is 0.917. The van der Waals surface area contributed by atoms with Crippen molar-refractivity contribution in [3.05, 3.63) is 0 Å². The van der Waals surface area contributed by atoms with Crippen LogP contribution in [0.15, 0.2) is 0 Å². The van der Waals surface area contributed by atoms with E-state index in [2.05, 4.69) is 13.8 Å². The van der Waals surface area contributed by atoms with Crippen LogP contribution in [-0.2, 0) is 14.4 Å². The second-order valence-electron chi connectivity index (χ2n) is 12.6. The molecular formula is C36H69NO4. The summed E-state index contributed by atoms with van der Waals surface area (Å²) in [5.74, 6) is -2.17. The molecule has 0 amide bonds. The number of carboxylic acid groups (broad SMARTS) is 1. The molecule has 0 atom stereocenters. The first-order valence-electron chi connectivity index (χ1n) is 18.0. The van der Waals surface area contributed by atoms with Crippen LogP contribution in [0.5, 0.6) is 0 Å². The van der Waals surface area contributed by atoms with Crippen LogP contribution in [0, 0.1) is 5.41 Å². The standard InChI is InChI=1S/C36H69NO4/c1-3-5-7-9-11-13-15-17-19-21-23-25-27-29-33(38)36(31-32-37,35(40)41)34(39)30-28-26-24-22-20-18-16-14-12-10-8-6-4-2/h3-32,37H2,1-2H3,(H,40,41). The summed E-state index contributed by atoms with van der Waals surface area (Å²) in [6.07, 6.45) is 31.6. The second kappa shape index (κ2) is 28.9. The van der Waals surface area contributed by atoms with Gasteiger partial charge < -0.3 is 10.8 Å². The number of carbonyl (C=O) groups excluding carboxylic acids is 2. The number of ketones is 2. The molecule has 0 aliphatic rings. The fourth-order valence-corrected chi connectivity index (χ4v) is 6.03. The van der Waals surface area contributed by atoms with Crippen LogP contribution >= 0.6 is 0 Å². The van der Waals surface area contributed by atoms with Crippen LogP contribution in [0.25, 0.3) is 0 Å². The van der Waals surface area contributed by atoms with E-state index in [9.17, 15) is 19.5 Å². The summed E-state index contributed by atoms with van der Waals surface area (Å²) in [4.78, 5) is 38.5. The van der Waals surface area contributed by atoms with Gasteiger partial charge in [0.25, 0.3) is 0 Å². The highest BCUT2D eigenvalue weighted by molar-refractivity contribution is 6.21. The minimum absolute atomic E-state index is 0.0288. The van der Waals surface area contributed by atoms with Crippen molar-refractivity contribution in [3.63, 3.8) is 0 Å². The number of carboxylic acids is 1. The molecule has 3 N–H and O–H groups in total. The molecule has 0 aliphatic heterocycles. The maximum atomic E-state index is 13.1. The van der Waals surface area contributed by atoms with Gasteiger partial charge in [-0.15, -0.1) is 0 Å². The molecule has 41 heavy (non-hydrogen) atoms. The fourth-order valence-electron chi connectivity index (χ4n) is 6.03. The molecule has 0 unspecified atom stereocenters. The van der Waals surface area contributed by atoms with Gasteiger partial charge in [-0.3, -0.25) is 14.4 Å². The topological polar surface area (TPSA) is 97.5 Å². The van der Waals surface area contributed by atoms with Gasteiger partial charge in [0.1, 0.15) is 0 Å². The lowest BCUT2D eigenvalue weighted by atomic mass is 9.73. The summed E-state index contributed by atoms with van der Waals surface area (Å²) < 4.78 is 0. The summed E-state index contributed by atoms with van der Waals surface area (Å²) in [5, 5.41) is 10.0. The molecule has 5 nitrogen and oxygen atoms in total. The Morgan fingerprint density at radius 2 is 0.707 bits per heavy atom. The monoisotopic (exact) mass is 580 g/mol. The molecule has 0 aliphatic carbocycles. The van der Waals surface area contributed by atoms with Gasteiger partial charge in [0, 0.05) is 12.8 Å². The molecule has 242 valence electrons. The number of hydrogen-bond acceptors (Lipinski definition) is 4. The lowest BCUT2D eigenvalue weighted by Crippen LogP contribution is -2.47. The van der Waals surface area contributed by atoms with E-state index in [0.717, 1.165) is 38.5 Å². The largest absolute Gasteiger partial charge is 0.480 e. The number of carbonyl (C=O) groups is 3. The molecule has 0 radical (unpaired) electrons. The maximum absolute atomic E-state index is 13.1. The maximum Gasteiger partial charge on any atom is 0.324 e. The van der Waals surface area contributed by atoms with Crippen molar-refractivity contribution in [2.45, 2.75) is 200 Å². The molecule has 5 heteroatoms. The van der Waals surface area contributed by atoms with Crippen LogP contribution in [0.4, 0.5) is 0 Å². The third-order valence-corrected chi connectivity index (χ3v) is 8.85. The minimum atomic E-state index is -1.94. The first-order valence-corrected chi connectivity index (χ1v) is 18.0. The number of hydrogen-bond donors (Lipinski definition) is 2. The van der Waals surface area contributed by atoms with Crippen molar-refractivity contribution in [2.75, 3.05) is 6.54 Å². The molecule has 0 rings (SSSR count). The van der Waals surface area contributed by atoms with E-state index in [-0.39, 0.29) is 25.8 Å². The molecule has 0 aromatic heterocycles. The molecular weight excluding hydrogens is 510 g/mol. The molecule has 0 spiro atoms. The quantitative estimate of drug-likeness (QED) is 0.0595. The zero-order valence-electron chi connectivity index (χ0n) is 27.5. The molecule has 0 heterocycles. The highest BCUT2D eigenvalue weighted by Crippen LogP contribution is 2.30. The van der Waals surface area contributed by atoms with Crippen molar-refractivity contribution >= 4 is 17.5 Å². The molecule has 0 saturated carbocycles. The van der Waals surface area contributed by atoms with Crippen LogP contribution in [-0.4, -0.2) is 29.2 Å². The Kier molecular flexibility index (Phi) is 28.0. The summed E-state index contributed by atoms with van der Waals surface area (Å²) >= 11 is 0. The van der Waals surface area contributed by atoms with Crippen molar-refractivity contribution in [1.82, 2.24) is 0 Å². The number of unbranched alkanes of at least 4 members (excludes halogenated alkanes) is 24. The minimum Gasteiger partial charge on any atom is -0.480 e. The van der Waals surface area contributed by atoms with Crippen LogP contribution < -0.4 is 5.73 Å². The smallest absolute Gasteiger partial charge is 0.324 e. The zero-order valence-corrected chi connectivity index (χ0v) is 27.5. The second-order valence-corrected chi connectivity index (χ2v) is 12.6. The van der Waals surface area contributed by atoms with E-state index in [4.69, 9.17) is 5.73 Å². The van der Waals surface area contributed by atoms with E-state index in [1.807, 2.05) is 0 Å². The van der Waals surface area contributed by atoms with Crippen molar-refractivity contribution in [3.8, 4) is 0 Å². The normalized spacial score (nSPS) is 11.7. The number of aliphatic carboxylic acids is 1. The Hall–Kier alpha value is -1.23. The molecule has 0 saturated heterocycles. The number of rotatable bonds is 33. The summed E-state index contributed by atoms with van der Waals surface area (Å²) in [7, 11) is 0. The van der Waals surface area contributed by atoms with Gasteiger partial charge >= 0.3 is 5.97 Å². The van der Waals surface area contributed by atoms with Gasteiger partial charge in [0.15, 0.2) is 17.0 Å². The predicted molar refractivity (Wildman–Crippen MR) is 174 cm³/mol. The van der Waals surface area contributed by atoms with Crippen LogP contribution in [0.3, 0.4) is 0 Å². The SMILES string of the molecule is CCCCCCCCCCCCCCCC(=O)C(CCN)(C(=O)O)C(=O)CCCCCCCCCCCCCCC. The average Bonchev–Trinajstić information content (AvgIpc) is 2.96. The number of Topliss-reactive ketones (excluding diaryl/α,β-unsaturated/α-hetero) is 2. The summed E-state index contributed by atoms with van der Waals surface area (Å²) in [6, 6.07) is 0. The van der Waals surface area contributed by atoms with E-state index < -0.39 is 23.0 Å². The van der Waals surface area contributed by atoms with Gasteiger partial charge in [-0.05, 0) is 25.8 Å². The first-order chi connectivity index (χ1) is 20.0. The van der Waals surface area contributed by atoms with Gasteiger partial charge in [-0.25, -0.2) is 0 Å². The van der Waals surface area contributed by atoms with E-state index in [0.29, 0.717) is 12.8 Å². The Labute approximate surface area is 254 Å². The summed E-state index contributed by atoms with van der Waals surface area (Å²) in [6.45, 7) is 4.53. The predicted octanol–water partition coefficient (Wildman–Crippen LogP) is 10.5. The highest BCUT2D eigenvalue weighted by Gasteiger charge is 2.50. The van der Waals surface area contributed by atoms with Gasteiger partial charge in [0.2, 0.25) is 0 Å². The highest BCUT2D eigenvalue weighted by atomic mass is 16.4. The molecule has 0 bridgehead atoms. The molecule has 0 fully saturated rings. The van der Waals surface area contributed by atoms with Gasteiger partial charge in [-0.1, -0.05) is 168 Å². The van der Waals surface area contributed by atoms with E-state index >= 15 is 0 Å². The summed E-state index contributed by atoms with van der Waals surface area (Å²) in [5.41, 5.74) is 3.77. The Balaban J connectivity index is 4.15. The van der Waals surface area contributed by atoms with Crippen molar-refractivity contribution in [2.24, 2.45) is 11.1 Å². The third-order valence-electron chi connectivity index (χ3n) is 8.85. The zero-order chi connectivity index (χ0) is 30.4. The van der Waals surface area contributed by atoms with Gasteiger partial charge in [-0.2, -0.15) is 0 Å². The van der Waals surface area contributed by atoms with E-state index in [1.54, 1.807) is 0 Å². The van der Waals surface area contributed by atoms with Crippen LogP contribution in [0.1, 0.15) is 200 Å². The average molecular weight is 580 g/mol. The number of nitrogens with two attached hydrogens (primary N) is 1.